The molecule has 0 bridgehead atoms. The van der Waals surface area contributed by atoms with Gasteiger partial charge in [-0.15, -0.1) is 0 Å². The summed E-state index contributed by atoms with van der Waals surface area (Å²) >= 11 is 3.39. The van der Waals surface area contributed by atoms with Crippen LogP contribution in [0.4, 0.5) is 0 Å². The Morgan fingerprint density at radius 2 is 1.89 bits per heavy atom. The molecule has 0 fully saturated rings. The number of pyridine rings is 1. The number of aromatic carboxylic acids is 1. The molecule has 0 amide bonds. The second-order valence-electron chi connectivity index (χ2n) is 4.06. The van der Waals surface area contributed by atoms with Crippen LogP contribution in [0.5, 0.6) is 0 Å². The summed E-state index contributed by atoms with van der Waals surface area (Å²) in [6, 6.07) is 13.1. The molecule has 0 aliphatic rings. The number of benzene rings is 1. The molecule has 2 heterocycles. The van der Waals surface area contributed by atoms with Gasteiger partial charge in [-0.05, 0) is 28.1 Å². The van der Waals surface area contributed by atoms with Crippen molar-refractivity contribution in [3.63, 3.8) is 0 Å². The van der Waals surface area contributed by atoms with Gasteiger partial charge in [-0.3, -0.25) is 4.40 Å². The number of carboxylic acid groups (broad SMARTS) is 1. The highest BCUT2D eigenvalue weighted by atomic mass is 79.9. The first-order chi connectivity index (χ1) is 9.16. The molecule has 0 saturated heterocycles. The van der Waals surface area contributed by atoms with Crippen LogP contribution in [0.15, 0.2) is 53.1 Å². The van der Waals surface area contributed by atoms with Crippen LogP contribution in [0.25, 0.3) is 16.9 Å². The lowest BCUT2D eigenvalue weighted by Gasteiger charge is -2.01. The lowest BCUT2D eigenvalue weighted by molar-refractivity contribution is 0.0693. The number of carboxylic acids is 1. The van der Waals surface area contributed by atoms with E-state index in [1.807, 2.05) is 36.5 Å². The second kappa shape index (κ2) is 4.51. The van der Waals surface area contributed by atoms with E-state index in [4.69, 9.17) is 0 Å². The molecule has 0 atom stereocenters. The number of hydrogen-bond acceptors (Lipinski definition) is 2. The Kier molecular flexibility index (Phi) is 2.83. The van der Waals surface area contributed by atoms with E-state index in [0.29, 0.717) is 11.3 Å². The van der Waals surface area contributed by atoms with Crippen LogP contribution in [0.3, 0.4) is 0 Å². The Hall–Kier alpha value is -2.14. The largest absolute Gasteiger partial charge is 0.476 e. The number of halogens is 1. The molecule has 19 heavy (non-hydrogen) atoms. The van der Waals surface area contributed by atoms with Gasteiger partial charge in [0.05, 0.1) is 5.52 Å². The number of hydrogen-bond donors (Lipinski definition) is 1. The molecule has 0 unspecified atom stereocenters. The van der Waals surface area contributed by atoms with E-state index in [-0.39, 0.29) is 5.69 Å². The summed E-state index contributed by atoms with van der Waals surface area (Å²) in [6.07, 6.45) is 1.82. The van der Waals surface area contributed by atoms with Crippen LogP contribution in [0.1, 0.15) is 10.5 Å². The average Bonchev–Trinajstić information content (AvgIpc) is 2.78. The Labute approximate surface area is 117 Å². The minimum atomic E-state index is -1.03. The zero-order valence-corrected chi connectivity index (χ0v) is 11.3. The first-order valence-corrected chi connectivity index (χ1v) is 6.42. The predicted molar refractivity (Wildman–Crippen MR) is 75.3 cm³/mol. The topological polar surface area (TPSA) is 54.6 Å². The minimum Gasteiger partial charge on any atom is -0.476 e. The Bertz CT molecular complexity index is 766. The van der Waals surface area contributed by atoms with Gasteiger partial charge in [0, 0.05) is 16.2 Å². The van der Waals surface area contributed by atoms with Crippen LogP contribution < -0.4 is 0 Å². The van der Waals surface area contributed by atoms with Crippen molar-refractivity contribution in [3.05, 3.63) is 58.8 Å². The molecule has 3 aromatic rings. The number of imidazole rings is 1. The standard InChI is InChI=1S/C14H9BrN2O2/c15-10-6-7-11-12(14(18)19)16-13(17(11)8-10)9-4-2-1-3-5-9/h1-8H,(H,18,19). The SMILES string of the molecule is O=C(O)c1nc(-c2ccccc2)n2cc(Br)ccc12. The average molecular weight is 317 g/mol. The Morgan fingerprint density at radius 1 is 1.16 bits per heavy atom. The summed E-state index contributed by atoms with van der Waals surface area (Å²) in [5, 5.41) is 9.22. The van der Waals surface area contributed by atoms with E-state index in [1.54, 1.807) is 16.5 Å². The zero-order chi connectivity index (χ0) is 13.4. The third-order valence-corrected chi connectivity index (χ3v) is 3.30. The first-order valence-electron chi connectivity index (χ1n) is 5.63. The zero-order valence-electron chi connectivity index (χ0n) is 9.75. The van der Waals surface area contributed by atoms with Gasteiger partial charge in [-0.2, -0.15) is 0 Å². The highest BCUT2D eigenvalue weighted by Gasteiger charge is 2.17. The molecule has 0 saturated carbocycles. The maximum Gasteiger partial charge on any atom is 0.356 e. The van der Waals surface area contributed by atoms with Crippen LogP contribution in [0, 0.1) is 0 Å². The molecule has 0 aliphatic carbocycles. The van der Waals surface area contributed by atoms with E-state index >= 15 is 0 Å². The highest BCUT2D eigenvalue weighted by Crippen LogP contribution is 2.24. The van der Waals surface area contributed by atoms with Gasteiger partial charge in [-0.25, -0.2) is 9.78 Å². The van der Waals surface area contributed by atoms with Crippen LogP contribution in [-0.2, 0) is 0 Å². The van der Waals surface area contributed by atoms with Crippen molar-refractivity contribution in [1.29, 1.82) is 0 Å². The van der Waals surface area contributed by atoms with Crippen molar-refractivity contribution in [2.75, 3.05) is 0 Å². The van der Waals surface area contributed by atoms with Crippen molar-refractivity contribution in [3.8, 4) is 11.4 Å². The van der Waals surface area contributed by atoms with Crippen LogP contribution in [-0.4, -0.2) is 20.5 Å². The Balaban J connectivity index is 2.36. The number of aromatic nitrogens is 2. The van der Waals surface area contributed by atoms with Crippen molar-refractivity contribution in [2.45, 2.75) is 0 Å². The summed E-state index contributed by atoms with van der Waals surface area (Å²) in [5.41, 5.74) is 1.52. The summed E-state index contributed by atoms with van der Waals surface area (Å²) in [6.45, 7) is 0. The molecule has 0 spiro atoms. The Morgan fingerprint density at radius 3 is 2.58 bits per heavy atom. The molecule has 94 valence electrons. The van der Waals surface area contributed by atoms with Crippen LogP contribution >= 0.6 is 15.9 Å². The number of rotatable bonds is 2. The van der Waals surface area contributed by atoms with Gasteiger partial charge in [0.25, 0.3) is 0 Å². The molecule has 2 aromatic heterocycles. The predicted octanol–water partition coefficient (Wildman–Crippen LogP) is 3.46. The lowest BCUT2D eigenvalue weighted by Crippen LogP contribution is -1.97. The third kappa shape index (κ3) is 2.02. The van der Waals surface area contributed by atoms with E-state index in [0.717, 1.165) is 10.0 Å². The molecule has 1 aromatic carbocycles. The fourth-order valence-corrected chi connectivity index (χ4v) is 2.35. The molecule has 0 radical (unpaired) electrons. The molecular weight excluding hydrogens is 308 g/mol. The van der Waals surface area contributed by atoms with Gasteiger partial charge in [-0.1, -0.05) is 30.3 Å². The van der Waals surface area contributed by atoms with Gasteiger partial charge in [0.2, 0.25) is 0 Å². The first kappa shape index (κ1) is 11.9. The van der Waals surface area contributed by atoms with E-state index < -0.39 is 5.97 Å². The number of fused-ring (bicyclic) bond motifs is 1. The summed E-state index contributed by atoms with van der Waals surface area (Å²) in [7, 11) is 0. The lowest BCUT2D eigenvalue weighted by atomic mass is 10.2. The van der Waals surface area contributed by atoms with Crippen molar-refractivity contribution < 1.29 is 9.90 Å². The summed E-state index contributed by atoms with van der Waals surface area (Å²) < 4.78 is 2.65. The minimum absolute atomic E-state index is 0.0614. The van der Waals surface area contributed by atoms with Crippen molar-refractivity contribution in [1.82, 2.24) is 9.38 Å². The van der Waals surface area contributed by atoms with E-state index in [2.05, 4.69) is 20.9 Å². The van der Waals surface area contributed by atoms with E-state index in [9.17, 15) is 9.90 Å². The molecular formula is C14H9BrN2O2. The summed E-state index contributed by atoms with van der Waals surface area (Å²) in [4.78, 5) is 15.5. The fraction of sp³-hybridized carbons (Fsp3) is 0. The quantitative estimate of drug-likeness (QED) is 0.787. The highest BCUT2D eigenvalue weighted by molar-refractivity contribution is 9.10. The van der Waals surface area contributed by atoms with Crippen molar-refractivity contribution >= 4 is 27.4 Å². The monoisotopic (exact) mass is 316 g/mol. The molecule has 3 rings (SSSR count). The van der Waals surface area contributed by atoms with E-state index in [1.165, 1.54) is 0 Å². The fourth-order valence-electron chi connectivity index (χ4n) is 2.01. The number of carbonyl (C=O) groups is 1. The van der Waals surface area contributed by atoms with Gasteiger partial charge in [0.15, 0.2) is 5.69 Å². The normalized spacial score (nSPS) is 10.8. The van der Waals surface area contributed by atoms with Gasteiger partial charge in [0.1, 0.15) is 5.82 Å². The smallest absolute Gasteiger partial charge is 0.356 e. The second-order valence-corrected chi connectivity index (χ2v) is 4.97. The maximum absolute atomic E-state index is 11.3. The molecule has 1 N–H and O–H groups in total. The summed E-state index contributed by atoms with van der Waals surface area (Å²) in [5.74, 6) is -0.406. The molecule has 4 nitrogen and oxygen atoms in total. The molecule has 0 aliphatic heterocycles. The maximum atomic E-state index is 11.3. The van der Waals surface area contributed by atoms with Gasteiger partial charge < -0.3 is 5.11 Å². The molecule has 5 heteroatoms. The van der Waals surface area contributed by atoms with Crippen LogP contribution in [0.2, 0.25) is 0 Å². The third-order valence-electron chi connectivity index (χ3n) is 2.84. The van der Waals surface area contributed by atoms with Crippen molar-refractivity contribution in [2.24, 2.45) is 0 Å². The van der Waals surface area contributed by atoms with Gasteiger partial charge >= 0.3 is 5.97 Å². The number of nitrogens with zero attached hydrogens (tertiary/aromatic N) is 2.